The molecular weight excluding hydrogens is 360 g/mol. The van der Waals surface area contributed by atoms with Crippen LogP contribution in [0.15, 0.2) is 54.6 Å². The van der Waals surface area contributed by atoms with Gasteiger partial charge in [0, 0.05) is 19.8 Å². The number of carbonyl (C=O) groups is 3. The summed E-state index contributed by atoms with van der Waals surface area (Å²) in [5.41, 5.74) is 1.57. The molecule has 0 spiro atoms. The quantitative estimate of drug-likeness (QED) is 0.609. The molecule has 7 nitrogen and oxygen atoms in total. The highest BCUT2D eigenvalue weighted by atomic mass is 16.5. The Balaban J connectivity index is 2.12. The van der Waals surface area contributed by atoms with E-state index >= 15 is 0 Å². The van der Waals surface area contributed by atoms with Crippen LogP contribution in [0.5, 0.6) is 5.75 Å². The highest BCUT2D eigenvalue weighted by Gasteiger charge is 2.26. The van der Waals surface area contributed by atoms with Crippen molar-refractivity contribution in [1.29, 1.82) is 0 Å². The molecule has 3 N–H and O–H groups in total. The molecule has 0 aliphatic heterocycles. The zero-order valence-corrected chi connectivity index (χ0v) is 15.8. The van der Waals surface area contributed by atoms with E-state index in [-0.39, 0.29) is 18.7 Å². The first-order chi connectivity index (χ1) is 13.4. The number of amides is 2. The van der Waals surface area contributed by atoms with Gasteiger partial charge >= 0.3 is 5.97 Å². The van der Waals surface area contributed by atoms with Crippen LogP contribution in [0.3, 0.4) is 0 Å². The molecule has 2 aromatic rings. The van der Waals surface area contributed by atoms with Gasteiger partial charge < -0.3 is 20.5 Å². The van der Waals surface area contributed by atoms with Crippen molar-refractivity contribution in [2.45, 2.75) is 31.8 Å². The monoisotopic (exact) mass is 384 g/mol. The standard InChI is InChI=1S/C21H24N2O5/c1-14(24)22-18(12-15-7-4-3-5-8-15)20(25)23-19(21(26)27)13-16-9-6-10-17(11-16)28-2/h3-11,18-19H,12-13H2,1-2H3,(H,22,24)(H,23,25)(H,26,27)/t18-,19+/m0/s1. The van der Waals surface area contributed by atoms with E-state index in [4.69, 9.17) is 4.74 Å². The minimum atomic E-state index is -1.16. The third-order valence-corrected chi connectivity index (χ3v) is 4.17. The Hall–Kier alpha value is -3.35. The van der Waals surface area contributed by atoms with Crippen LogP contribution < -0.4 is 15.4 Å². The number of aliphatic carboxylic acids is 1. The third kappa shape index (κ3) is 6.42. The highest BCUT2D eigenvalue weighted by Crippen LogP contribution is 2.14. The normalized spacial score (nSPS) is 12.5. The predicted molar refractivity (Wildman–Crippen MR) is 104 cm³/mol. The molecule has 2 aromatic carbocycles. The number of hydrogen-bond acceptors (Lipinski definition) is 4. The number of rotatable bonds is 9. The molecule has 7 heteroatoms. The fourth-order valence-corrected chi connectivity index (χ4v) is 2.81. The van der Waals surface area contributed by atoms with Crippen LogP contribution in [-0.2, 0) is 27.2 Å². The second-order valence-corrected chi connectivity index (χ2v) is 6.40. The van der Waals surface area contributed by atoms with Crippen molar-refractivity contribution >= 4 is 17.8 Å². The zero-order valence-electron chi connectivity index (χ0n) is 15.8. The minimum absolute atomic E-state index is 0.0937. The molecular formula is C21H24N2O5. The largest absolute Gasteiger partial charge is 0.497 e. The molecule has 0 saturated heterocycles. The van der Waals surface area contributed by atoms with Gasteiger partial charge in [-0.25, -0.2) is 4.79 Å². The lowest BCUT2D eigenvalue weighted by molar-refractivity contribution is -0.142. The minimum Gasteiger partial charge on any atom is -0.497 e. The van der Waals surface area contributed by atoms with Crippen LogP contribution in [0, 0.1) is 0 Å². The maximum Gasteiger partial charge on any atom is 0.326 e. The Morgan fingerprint density at radius 1 is 0.929 bits per heavy atom. The van der Waals surface area contributed by atoms with E-state index in [1.807, 2.05) is 30.3 Å². The van der Waals surface area contributed by atoms with Gasteiger partial charge in [-0.2, -0.15) is 0 Å². The number of carboxylic acids is 1. The summed E-state index contributed by atoms with van der Waals surface area (Å²) < 4.78 is 5.14. The van der Waals surface area contributed by atoms with Crippen LogP contribution in [0.4, 0.5) is 0 Å². The maximum atomic E-state index is 12.7. The van der Waals surface area contributed by atoms with Crippen LogP contribution in [-0.4, -0.2) is 42.1 Å². The Morgan fingerprint density at radius 2 is 1.57 bits per heavy atom. The fraction of sp³-hybridized carbons (Fsp3) is 0.286. The molecule has 0 bridgehead atoms. The smallest absolute Gasteiger partial charge is 0.326 e. The molecule has 2 atom stereocenters. The van der Waals surface area contributed by atoms with Crippen LogP contribution in [0.2, 0.25) is 0 Å². The summed E-state index contributed by atoms with van der Waals surface area (Å²) >= 11 is 0. The number of nitrogens with one attached hydrogen (secondary N) is 2. The van der Waals surface area contributed by atoms with Gasteiger partial charge in [-0.1, -0.05) is 42.5 Å². The second kappa shape index (κ2) is 10.1. The molecule has 0 radical (unpaired) electrons. The van der Waals surface area contributed by atoms with E-state index in [0.29, 0.717) is 11.3 Å². The highest BCUT2D eigenvalue weighted by molar-refractivity contribution is 5.90. The van der Waals surface area contributed by atoms with Crippen molar-refractivity contribution in [3.8, 4) is 5.75 Å². The zero-order chi connectivity index (χ0) is 20.5. The molecule has 0 unspecified atom stereocenters. The average molecular weight is 384 g/mol. The summed E-state index contributed by atoms with van der Waals surface area (Å²) in [6.45, 7) is 1.32. The van der Waals surface area contributed by atoms with E-state index < -0.39 is 24.0 Å². The van der Waals surface area contributed by atoms with Crippen molar-refractivity contribution in [2.24, 2.45) is 0 Å². The Bertz CT molecular complexity index is 823. The summed E-state index contributed by atoms with van der Waals surface area (Å²) in [5, 5.41) is 14.7. The Labute approximate surface area is 163 Å². The lowest BCUT2D eigenvalue weighted by Crippen LogP contribution is -2.52. The number of carboxylic acid groups (broad SMARTS) is 1. The molecule has 148 valence electrons. The topological polar surface area (TPSA) is 105 Å². The number of benzene rings is 2. The summed E-state index contributed by atoms with van der Waals surface area (Å²) in [4.78, 5) is 35.9. The van der Waals surface area contributed by atoms with Gasteiger partial charge in [-0.05, 0) is 23.3 Å². The van der Waals surface area contributed by atoms with Gasteiger partial charge in [-0.15, -0.1) is 0 Å². The molecule has 0 aromatic heterocycles. The maximum absolute atomic E-state index is 12.7. The summed E-state index contributed by atoms with van der Waals surface area (Å²) in [6, 6.07) is 14.2. The second-order valence-electron chi connectivity index (χ2n) is 6.40. The fourth-order valence-electron chi connectivity index (χ4n) is 2.81. The lowest BCUT2D eigenvalue weighted by Gasteiger charge is -2.21. The first-order valence-corrected chi connectivity index (χ1v) is 8.86. The number of methoxy groups -OCH3 is 1. The molecule has 28 heavy (non-hydrogen) atoms. The van der Waals surface area contributed by atoms with Crippen molar-refractivity contribution in [1.82, 2.24) is 10.6 Å². The van der Waals surface area contributed by atoms with Crippen molar-refractivity contribution < 1.29 is 24.2 Å². The first-order valence-electron chi connectivity index (χ1n) is 8.86. The van der Waals surface area contributed by atoms with Gasteiger partial charge in [0.1, 0.15) is 17.8 Å². The van der Waals surface area contributed by atoms with E-state index in [9.17, 15) is 19.5 Å². The molecule has 0 saturated carbocycles. The first kappa shape index (κ1) is 21.0. The van der Waals surface area contributed by atoms with Crippen molar-refractivity contribution in [3.05, 3.63) is 65.7 Å². The Morgan fingerprint density at radius 3 is 2.18 bits per heavy atom. The van der Waals surface area contributed by atoms with Gasteiger partial charge in [0.05, 0.1) is 7.11 Å². The molecule has 2 rings (SSSR count). The van der Waals surface area contributed by atoms with Crippen molar-refractivity contribution in [3.63, 3.8) is 0 Å². The molecule has 0 aliphatic rings. The molecule has 0 aliphatic carbocycles. The lowest BCUT2D eigenvalue weighted by atomic mass is 10.0. The summed E-state index contributed by atoms with van der Waals surface area (Å²) in [5.74, 6) is -1.46. The van der Waals surface area contributed by atoms with Gasteiger partial charge in [-0.3, -0.25) is 9.59 Å². The average Bonchev–Trinajstić information content (AvgIpc) is 2.67. The number of carbonyl (C=O) groups excluding carboxylic acids is 2. The summed E-state index contributed by atoms with van der Waals surface area (Å²) in [6.07, 6.45) is 0.355. The SMILES string of the molecule is COc1cccc(C[C@@H](NC(=O)[C@H](Cc2ccccc2)NC(C)=O)C(=O)O)c1. The third-order valence-electron chi connectivity index (χ3n) is 4.17. The predicted octanol–water partition coefficient (Wildman–Crippen LogP) is 1.55. The number of ether oxygens (including phenoxy) is 1. The van der Waals surface area contributed by atoms with Crippen LogP contribution >= 0.6 is 0 Å². The molecule has 0 fully saturated rings. The Kier molecular flexibility index (Phi) is 7.56. The molecule has 2 amide bonds. The number of hydrogen-bond donors (Lipinski definition) is 3. The van der Waals surface area contributed by atoms with E-state index in [2.05, 4.69) is 10.6 Å². The van der Waals surface area contributed by atoms with Crippen LogP contribution in [0.1, 0.15) is 18.1 Å². The van der Waals surface area contributed by atoms with E-state index in [1.54, 1.807) is 24.3 Å². The van der Waals surface area contributed by atoms with Crippen LogP contribution in [0.25, 0.3) is 0 Å². The van der Waals surface area contributed by atoms with E-state index in [1.165, 1.54) is 14.0 Å². The van der Waals surface area contributed by atoms with Gasteiger partial charge in [0.15, 0.2) is 0 Å². The van der Waals surface area contributed by atoms with E-state index in [0.717, 1.165) is 5.56 Å². The molecule has 0 heterocycles. The van der Waals surface area contributed by atoms with Crippen molar-refractivity contribution in [2.75, 3.05) is 7.11 Å². The summed E-state index contributed by atoms with van der Waals surface area (Å²) in [7, 11) is 1.52. The van der Waals surface area contributed by atoms with Gasteiger partial charge in [0.25, 0.3) is 0 Å². The van der Waals surface area contributed by atoms with Gasteiger partial charge in [0.2, 0.25) is 11.8 Å².